The van der Waals surface area contributed by atoms with Crippen LogP contribution in [-0.4, -0.2) is 14.2 Å². The molecule has 0 aliphatic carbocycles. The number of thiophene rings is 1. The lowest BCUT2D eigenvalue weighted by Crippen LogP contribution is -2.17. The van der Waals surface area contributed by atoms with E-state index in [-0.39, 0.29) is 6.04 Å². The van der Waals surface area contributed by atoms with E-state index in [1.165, 1.54) is 16.0 Å². The van der Waals surface area contributed by atoms with Crippen LogP contribution in [0.3, 0.4) is 0 Å². The second-order valence-electron chi connectivity index (χ2n) is 3.99. The van der Waals surface area contributed by atoms with E-state index in [2.05, 4.69) is 41.9 Å². The zero-order chi connectivity index (χ0) is 12.3. The zero-order valence-corrected chi connectivity index (χ0v) is 11.2. The minimum atomic E-state index is 0.200. The molecule has 0 saturated carbocycles. The molecule has 90 valence electrons. The summed E-state index contributed by atoms with van der Waals surface area (Å²) in [5.41, 5.74) is 2.54. The van der Waals surface area contributed by atoms with Gasteiger partial charge >= 0.3 is 0 Å². The molecule has 2 aromatic rings. The predicted octanol–water partition coefficient (Wildman–Crippen LogP) is 3.37. The fraction of sp³-hybridized carbons (Fsp3) is 0.286. The summed E-state index contributed by atoms with van der Waals surface area (Å²) < 4.78 is 5.38. The molecular weight excluding hydrogens is 230 g/mol. The van der Waals surface area contributed by atoms with Gasteiger partial charge < -0.3 is 10.1 Å². The molecule has 3 heteroatoms. The van der Waals surface area contributed by atoms with Crippen LogP contribution in [0.2, 0.25) is 0 Å². The minimum absolute atomic E-state index is 0.200. The Bertz CT molecular complexity index is 475. The number of methoxy groups -OCH3 is 1. The van der Waals surface area contributed by atoms with E-state index in [4.69, 9.17) is 4.74 Å². The van der Waals surface area contributed by atoms with Crippen molar-refractivity contribution in [2.45, 2.75) is 13.0 Å². The molecule has 0 bridgehead atoms. The largest absolute Gasteiger partial charge is 0.496 e. The number of hydrogen-bond donors (Lipinski definition) is 1. The molecule has 0 radical (unpaired) electrons. The lowest BCUT2D eigenvalue weighted by atomic mass is 10.0. The molecule has 0 saturated heterocycles. The molecular formula is C14H17NOS. The lowest BCUT2D eigenvalue weighted by Gasteiger charge is -2.17. The maximum absolute atomic E-state index is 5.38. The Hall–Kier alpha value is -1.32. The Kier molecular flexibility index (Phi) is 3.82. The quantitative estimate of drug-likeness (QED) is 0.894. The van der Waals surface area contributed by atoms with Crippen molar-refractivity contribution in [2.24, 2.45) is 0 Å². The molecule has 2 nitrogen and oxygen atoms in total. The van der Waals surface area contributed by atoms with Crippen molar-refractivity contribution in [2.75, 3.05) is 14.2 Å². The van der Waals surface area contributed by atoms with Crippen LogP contribution in [0.25, 0.3) is 0 Å². The van der Waals surface area contributed by atoms with Gasteiger partial charge in [0.25, 0.3) is 0 Å². The third kappa shape index (κ3) is 2.51. The zero-order valence-electron chi connectivity index (χ0n) is 10.4. The molecule has 0 spiro atoms. The second-order valence-corrected chi connectivity index (χ2v) is 4.93. The highest BCUT2D eigenvalue weighted by Gasteiger charge is 2.17. The Balaban J connectivity index is 2.36. The fourth-order valence-electron chi connectivity index (χ4n) is 1.90. The van der Waals surface area contributed by atoms with Crippen molar-refractivity contribution in [3.8, 4) is 5.75 Å². The summed E-state index contributed by atoms with van der Waals surface area (Å²) in [6, 6.07) is 10.8. The maximum atomic E-state index is 5.38. The number of benzene rings is 1. The van der Waals surface area contributed by atoms with Gasteiger partial charge in [-0.25, -0.2) is 0 Å². The van der Waals surface area contributed by atoms with Crippen molar-refractivity contribution < 1.29 is 4.74 Å². The van der Waals surface area contributed by atoms with Crippen LogP contribution in [0.15, 0.2) is 35.7 Å². The molecule has 1 aromatic heterocycles. The Labute approximate surface area is 106 Å². The minimum Gasteiger partial charge on any atom is -0.496 e. The second kappa shape index (κ2) is 5.34. The third-order valence-corrected chi connectivity index (χ3v) is 3.80. The smallest absolute Gasteiger partial charge is 0.134 e. The van der Waals surface area contributed by atoms with Gasteiger partial charge in [-0.05, 0) is 31.0 Å². The Morgan fingerprint density at radius 1 is 1.18 bits per heavy atom. The molecule has 1 unspecified atom stereocenters. The van der Waals surface area contributed by atoms with E-state index < -0.39 is 0 Å². The van der Waals surface area contributed by atoms with E-state index in [1.807, 2.05) is 13.1 Å². The lowest BCUT2D eigenvalue weighted by molar-refractivity contribution is 0.408. The summed E-state index contributed by atoms with van der Waals surface area (Å²) in [6.07, 6.45) is 0. The van der Waals surface area contributed by atoms with Gasteiger partial charge in [0.2, 0.25) is 0 Å². The van der Waals surface area contributed by atoms with Gasteiger partial charge in [0, 0.05) is 0 Å². The van der Waals surface area contributed by atoms with Gasteiger partial charge in [-0.2, -0.15) is 0 Å². The van der Waals surface area contributed by atoms with E-state index in [1.54, 1.807) is 18.4 Å². The monoisotopic (exact) mass is 247 g/mol. The van der Waals surface area contributed by atoms with Gasteiger partial charge in [-0.1, -0.05) is 29.8 Å². The van der Waals surface area contributed by atoms with E-state index in [9.17, 15) is 0 Å². The van der Waals surface area contributed by atoms with Gasteiger partial charge in [0.05, 0.1) is 18.0 Å². The maximum Gasteiger partial charge on any atom is 0.134 e. The normalized spacial score (nSPS) is 12.4. The number of ether oxygens (including phenoxy) is 1. The van der Waals surface area contributed by atoms with Crippen molar-refractivity contribution >= 4 is 11.3 Å². The molecule has 17 heavy (non-hydrogen) atoms. The molecule has 0 fully saturated rings. The SMILES string of the molecule is CNC(c1ccc(C)cc1)c1sccc1OC. The van der Waals surface area contributed by atoms with Crippen molar-refractivity contribution in [1.82, 2.24) is 5.32 Å². The molecule has 1 atom stereocenters. The highest BCUT2D eigenvalue weighted by Crippen LogP contribution is 2.34. The number of aryl methyl sites for hydroxylation is 1. The molecule has 1 N–H and O–H groups in total. The van der Waals surface area contributed by atoms with Crippen molar-refractivity contribution in [3.05, 3.63) is 51.7 Å². The van der Waals surface area contributed by atoms with Crippen LogP contribution in [0.4, 0.5) is 0 Å². The van der Waals surface area contributed by atoms with Crippen LogP contribution in [0, 0.1) is 6.92 Å². The molecule has 0 aliphatic heterocycles. The average molecular weight is 247 g/mol. The molecule has 0 amide bonds. The van der Waals surface area contributed by atoms with Crippen molar-refractivity contribution in [3.63, 3.8) is 0 Å². The third-order valence-electron chi connectivity index (χ3n) is 2.84. The van der Waals surface area contributed by atoms with Gasteiger partial charge in [-0.3, -0.25) is 0 Å². The summed E-state index contributed by atoms with van der Waals surface area (Å²) in [5, 5.41) is 5.41. The van der Waals surface area contributed by atoms with Crippen LogP contribution in [0.1, 0.15) is 22.0 Å². The first-order valence-corrected chi connectivity index (χ1v) is 6.49. The Morgan fingerprint density at radius 2 is 1.88 bits per heavy atom. The van der Waals surface area contributed by atoms with Gasteiger partial charge in [0.15, 0.2) is 0 Å². The average Bonchev–Trinajstić information content (AvgIpc) is 2.81. The summed E-state index contributed by atoms with van der Waals surface area (Å²) in [4.78, 5) is 1.22. The molecule has 1 aromatic carbocycles. The standard InChI is InChI=1S/C14H17NOS/c1-10-4-6-11(7-5-10)13(15-2)14-12(16-3)8-9-17-14/h4-9,13,15H,1-3H3. The fourth-order valence-corrected chi connectivity index (χ4v) is 2.89. The van der Waals surface area contributed by atoms with Crippen LogP contribution < -0.4 is 10.1 Å². The highest BCUT2D eigenvalue weighted by atomic mass is 32.1. The summed E-state index contributed by atoms with van der Waals surface area (Å²) in [6.45, 7) is 2.10. The van der Waals surface area contributed by atoms with E-state index >= 15 is 0 Å². The van der Waals surface area contributed by atoms with Gasteiger partial charge in [-0.15, -0.1) is 11.3 Å². The van der Waals surface area contributed by atoms with Crippen molar-refractivity contribution in [1.29, 1.82) is 0 Å². The predicted molar refractivity (Wildman–Crippen MR) is 73.0 cm³/mol. The number of nitrogens with one attached hydrogen (secondary N) is 1. The summed E-state index contributed by atoms with van der Waals surface area (Å²) in [7, 11) is 3.69. The molecule has 1 heterocycles. The first-order valence-electron chi connectivity index (χ1n) is 5.61. The van der Waals surface area contributed by atoms with E-state index in [0.29, 0.717) is 0 Å². The number of rotatable bonds is 4. The summed E-state index contributed by atoms with van der Waals surface area (Å²) >= 11 is 1.72. The van der Waals surface area contributed by atoms with Crippen LogP contribution >= 0.6 is 11.3 Å². The van der Waals surface area contributed by atoms with E-state index in [0.717, 1.165) is 5.75 Å². The van der Waals surface area contributed by atoms with Gasteiger partial charge in [0.1, 0.15) is 5.75 Å². The first kappa shape index (κ1) is 12.1. The first-order chi connectivity index (χ1) is 8.26. The Morgan fingerprint density at radius 3 is 2.47 bits per heavy atom. The highest BCUT2D eigenvalue weighted by molar-refractivity contribution is 7.10. The van der Waals surface area contributed by atoms with Crippen LogP contribution in [-0.2, 0) is 0 Å². The molecule has 0 aliphatic rings. The summed E-state index contributed by atoms with van der Waals surface area (Å²) in [5.74, 6) is 0.954. The number of hydrogen-bond acceptors (Lipinski definition) is 3. The molecule has 2 rings (SSSR count). The topological polar surface area (TPSA) is 21.3 Å². The van der Waals surface area contributed by atoms with Crippen LogP contribution in [0.5, 0.6) is 5.75 Å².